The van der Waals surface area contributed by atoms with Crippen molar-refractivity contribution in [2.45, 2.75) is 6.42 Å². The Balaban J connectivity index is 1.43. The van der Waals surface area contributed by atoms with E-state index in [2.05, 4.69) is 5.32 Å². The molecule has 3 rings (SSSR count). The van der Waals surface area contributed by atoms with Gasteiger partial charge in [-0.1, -0.05) is 41.9 Å². The Bertz CT molecular complexity index is 1030. The lowest BCUT2D eigenvalue weighted by Gasteiger charge is -2.33. The SMILES string of the molecule is O=C(NCCC(=O)N1CCN(S(=O)(=O)/C=C/c2ccccc2)CC1)c1ccc(Cl)cc1. The van der Waals surface area contributed by atoms with Crippen LogP contribution in [0.5, 0.6) is 0 Å². The molecule has 0 spiro atoms. The van der Waals surface area contributed by atoms with Gasteiger partial charge in [0.2, 0.25) is 15.9 Å². The highest BCUT2D eigenvalue weighted by atomic mass is 35.5. The normalized spacial score (nSPS) is 15.2. The highest BCUT2D eigenvalue weighted by Gasteiger charge is 2.27. The summed E-state index contributed by atoms with van der Waals surface area (Å²) in [5, 5.41) is 4.45. The zero-order valence-electron chi connectivity index (χ0n) is 16.9. The number of benzene rings is 2. The second-order valence-corrected chi connectivity index (χ2v) is 9.31. The number of carbonyl (C=O) groups is 2. The number of nitrogens with zero attached hydrogens (tertiary/aromatic N) is 2. The van der Waals surface area contributed by atoms with E-state index in [0.29, 0.717) is 23.7 Å². The molecule has 1 N–H and O–H groups in total. The minimum atomic E-state index is -3.54. The van der Waals surface area contributed by atoms with E-state index in [-0.39, 0.29) is 37.9 Å². The van der Waals surface area contributed by atoms with Crippen molar-refractivity contribution in [3.63, 3.8) is 0 Å². The maximum atomic E-state index is 12.5. The second kappa shape index (κ2) is 10.6. The molecule has 0 radical (unpaired) electrons. The quantitative estimate of drug-likeness (QED) is 0.686. The van der Waals surface area contributed by atoms with Gasteiger partial charge in [-0.15, -0.1) is 0 Å². The molecule has 0 bridgehead atoms. The molecular weight excluding hydrogens is 438 g/mol. The van der Waals surface area contributed by atoms with Gasteiger partial charge in [0, 0.05) is 55.1 Å². The lowest BCUT2D eigenvalue weighted by atomic mass is 10.2. The summed E-state index contributed by atoms with van der Waals surface area (Å²) in [5.41, 5.74) is 1.28. The third kappa shape index (κ3) is 6.65. The van der Waals surface area contributed by atoms with Crippen LogP contribution in [0.3, 0.4) is 0 Å². The van der Waals surface area contributed by atoms with Gasteiger partial charge in [-0.3, -0.25) is 9.59 Å². The lowest BCUT2D eigenvalue weighted by molar-refractivity contribution is -0.132. The lowest BCUT2D eigenvalue weighted by Crippen LogP contribution is -2.50. The first-order chi connectivity index (χ1) is 14.8. The van der Waals surface area contributed by atoms with E-state index in [0.717, 1.165) is 5.56 Å². The molecule has 0 aromatic heterocycles. The van der Waals surface area contributed by atoms with Gasteiger partial charge in [0.1, 0.15) is 0 Å². The van der Waals surface area contributed by atoms with Crippen molar-refractivity contribution in [3.8, 4) is 0 Å². The zero-order chi connectivity index (χ0) is 22.3. The van der Waals surface area contributed by atoms with E-state index in [9.17, 15) is 18.0 Å². The smallest absolute Gasteiger partial charge is 0.251 e. The van der Waals surface area contributed by atoms with Crippen LogP contribution in [0.15, 0.2) is 60.0 Å². The van der Waals surface area contributed by atoms with Crippen molar-refractivity contribution in [2.24, 2.45) is 0 Å². The Labute approximate surface area is 187 Å². The number of piperazine rings is 1. The van der Waals surface area contributed by atoms with E-state index in [1.165, 1.54) is 9.71 Å². The van der Waals surface area contributed by atoms with Crippen molar-refractivity contribution >= 4 is 39.5 Å². The van der Waals surface area contributed by atoms with Crippen molar-refractivity contribution < 1.29 is 18.0 Å². The van der Waals surface area contributed by atoms with Crippen molar-refractivity contribution in [3.05, 3.63) is 76.2 Å². The third-order valence-electron chi connectivity index (χ3n) is 4.91. The Hall–Kier alpha value is -2.68. The minimum absolute atomic E-state index is 0.117. The summed E-state index contributed by atoms with van der Waals surface area (Å²) in [4.78, 5) is 26.1. The predicted molar refractivity (Wildman–Crippen MR) is 121 cm³/mol. The minimum Gasteiger partial charge on any atom is -0.352 e. The van der Waals surface area contributed by atoms with Gasteiger partial charge in [0.15, 0.2) is 0 Å². The molecule has 2 amide bonds. The van der Waals surface area contributed by atoms with Gasteiger partial charge in [0.05, 0.1) is 0 Å². The summed E-state index contributed by atoms with van der Waals surface area (Å²) >= 11 is 5.81. The molecule has 0 unspecified atom stereocenters. The average molecular weight is 462 g/mol. The monoisotopic (exact) mass is 461 g/mol. The van der Waals surface area contributed by atoms with E-state index < -0.39 is 10.0 Å². The Morgan fingerprint density at radius 3 is 2.26 bits per heavy atom. The Kier molecular flexibility index (Phi) is 7.84. The highest BCUT2D eigenvalue weighted by Crippen LogP contribution is 2.13. The Morgan fingerprint density at radius 2 is 1.61 bits per heavy atom. The number of hydrogen-bond acceptors (Lipinski definition) is 4. The van der Waals surface area contributed by atoms with Crippen LogP contribution in [-0.2, 0) is 14.8 Å². The maximum Gasteiger partial charge on any atom is 0.251 e. The second-order valence-electron chi connectivity index (χ2n) is 7.05. The number of nitrogens with one attached hydrogen (secondary N) is 1. The molecule has 9 heteroatoms. The zero-order valence-corrected chi connectivity index (χ0v) is 18.5. The van der Waals surface area contributed by atoms with Crippen LogP contribution < -0.4 is 5.32 Å². The fourth-order valence-corrected chi connectivity index (χ4v) is 4.45. The molecule has 1 aliphatic rings. The summed E-state index contributed by atoms with van der Waals surface area (Å²) in [6.45, 7) is 1.33. The summed E-state index contributed by atoms with van der Waals surface area (Å²) < 4.78 is 26.4. The topological polar surface area (TPSA) is 86.8 Å². The first-order valence-electron chi connectivity index (χ1n) is 9.90. The van der Waals surface area contributed by atoms with Gasteiger partial charge in [-0.2, -0.15) is 4.31 Å². The fourth-order valence-electron chi connectivity index (χ4n) is 3.15. The summed E-state index contributed by atoms with van der Waals surface area (Å²) in [5.74, 6) is -0.390. The molecule has 2 aromatic rings. The van der Waals surface area contributed by atoms with Crippen molar-refractivity contribution in [1.29, 1.82) is 0 Å². The van der Waals surface area contributed by atoms with Gasteiger partial charge in [-0.05, 0) is 35.9 Å². The molecule has 2 aromatic carbocycles. The van der Waals surface area contributed by atoms with Gasteiger partial charge in [0.25, 0.3) is 5.91 Å². The summed E-state index contributed by atoms with van der Waals surface area (Å²) in [6, 6.07) is 15.7. The number of amides is 2. The molecule has 1 aliphatic heterocycles. The fraction of sp³-hybridized carbons (Fsp3) is 0.273. The van der Waals surface area contributed by atoms with Gasteiger partial charge >= 0.3 is 0 Å². The summed E-state index contributed by atoms with van der Waals surface area (Å²) in [7, 11) is -3.54. The largest absolute Gasteiger partial charge is 0.352 e. The number of rotatable bonds is 7. The van der Waals surface area contributed by atoms with E-state index in [4.69, 9.17) is 11.6 Å². The van der Waals surface area contributed by atoms with Gasteiger partial charge < -0.3 is 10.2 Å². The molecule has 1 fully saturated rings. The molecule has 0 saturated carbocycles. The van der Waals surface area contributed by atoms with Crippen molar-refractivity contribution in [1.82, 2.24) is 14.5 Å². The van der Waals surface area contributed by atoms with E-state index >= 15 is 0 Å². The van der Waals surface area contributed by atoms with E-state index in [1.54, 1.807) is 35.2 Å². The molecule has 1 saturated heterocycles. The highest BCUT2D eigenvalue weighted by molar-refractivity contribution is 7.92. The van der Waals surface area contributed by atoms with Crippen LogP contribution in [0.1, 0.15) is 22.3 Å². The van der Waals surface area contributed by atoms with Crippen LogP contribution in [0, 0.1) is 0 Å². The average Bonchev–Trinajstić information content (AvgIpc) is 2.79. The van der Waals surface area contributed by atoms with Crippen LogP contribution in [0.25, 0.3) is 6.08 Å². The van der Waals surface area contributed by atoms with E-state index in [1.807, 2.05) is 30.3 Å². The van der Waals surface area contributed by atoms with Crippen molar-refractivity contribution in [2.75, 3.05) is 32.7 Å². The molecule has 7 nitrogen and oxygen atoms in total. The number of hydrogen-bond donors (Lipinski definition) is 1. The molecule has 0 atom stereocenters. The first kappa shape index (κ1) is 23.0. The third-order valence-corrected chi connectivity index (χ3v) is 6.73. The molecule has 1 heterocycles. The first-order valence-corrected chi connectivity index (χ1v) is 11.8. The Morgan fingerprint density at radius 1 is 0.968 bits per heavy atom. The van der Waals surface area contributed by atoms with Crippen LogP contribution in [-0.4, -0.2) is 62.2 Å². The predicted octanol–water partition coefficient (Wildman–Crippen LogP) is 2.60. The molecule has 164 valence electrons. The van der Waals surface area contributed by atoms with Gasteiger partial charge in [-0.25, -0.2) is 8.42 Å². The summed E-state index contributed by atoms with van der Waals surface area (Å²) in [6.07, 6.45) is 1.72. The van der Waals surface area contributed by atoms with Crippen LogP contribution in [0.4, 0.5) is 0 Å². The number of sulfonamides is 1. The number of carbonyl (C=O) groups excluding carboxylic acids is 2. The number of halogens is 1. The molecular formula is C22H24ClN3O4S. The molecule has 0 aliphatic carbocycles. The standard InChI is InChI=1S/C22H24ClN3O4S/c23-20-8-6-19(7-9-20)22(28)24-12-10-21(27)25-13-15-26(16-14-25)31(29,30)17-11-18-4-2-1-3-5-18/h1-9,11,17H,10,12-16H2,(H,24,28)/b17-11+. The van der Waals surface area contributed by atoms with Crippen LogP contribution >= 0.6 is 11.6 Å². The maximum absolute atomic E-state index is 12.5. The molecule has 31 heavy (non-hydrogen) atoms. The van der Waals surface area contributed by atoms with Crippen LogP contribution in [0.2, 0.25) is 5.02 Å².